The highest BCUT2D eigenvalue weighted by molar-refractivity contribution is 6.03. The lowest BCUT2D eigenvalue weighted by Gasteiger charge is -2.29. The fraction of sp³-hybridized carbons (Fsp3) is 0.571. The van der Waals surface area contributed by atoms with E-state index in [1.807, 2.05) is 37.3 Å². The number of primary amides is 1. The van der Waals surface area contributed by atoms with Gasteiger partial charge in [0.2, 0.25) is 0 Å². The van der Waals surface area contributed by atoms with Crippen LogP contribution in [0.25, 0.3) is 0 Å². The fourth-order valence-electron chi connectivity index (χ4n) is 5.00. The molecule has 1 aromatic carbocycles. The van der Waals surface area contributed by atoms with Gasteiger partial charge in [-0.25, -0.2) is 4.79 Å². The Morgan fingerprint density at radius 3 is 2.50 bits per heavy atom. The Bertz CT molecular complexity index is 944. The molecule has 0 aliphatic carbocycles. The number of ether oxygens (including phenoxy) is 1. The van der Waals surface area contributed by atoms with Gasteiger partial charge in [0.25, 0.3) is 5.91 Å². The monoisotopic (exact) mass is 502 g/mol. The number of carbonyl (C=O) groups is 2. The third-order valence-corrected chi connectivity index (χ3v) is 6.96. The van der Waals surface area contributed by atoms with Crippen LogP contribution in [-0.2, 0) is 16.0 Å². The number of nitrogens with one attached hydrogen (secondary N) is 1. The molecule has 0 radical (unpaired) electrons. The second-order valence-electron chi connectivity index (χ2n) is 10.2. The summed E-state index contributed by atoms with van der Waals surface area (Å²) >= 11 is 0. The minimum atomic E-state index is -0.951. The smallest absolute Gasteiger partial charge is 0.405 e. The van der Waals surface area contributed by atoms with E-state index in [0.717, 1.165) is 12.0 Å². The molecule has 8 nitrogen and oxygen atoms in total. The molecule has 8 heteroatoms. The number of hydrogen-bond donors (Lipinski definition) is 5. The number of aliphatic hydroxyl groups excluding tert-OH is 3. The highest BCUT2D eigenvalue weighted by Gasteiger charge is 2.29. The van der Waals surface area contributed by atoms with Crippen molar-refractivity contribution in [2.45, 2.75) is 65.6 Å². The predicted octanol–water partition coefficient (Wildman–Crippen LogP) is 3.56. The summed E-state index contributed by atoms with van der Waals surface area (Å²) in [5.74, 6) is -1.16. The van der Waals surface area contributed by atoms with Crippen molar-refractivity contribution in [2.24, 2.45) is 29.4 Å². The quantitative estimate of drug-likeness (QED) is 0.400. The zero-order valence-electron chi connectivity index (χ0n) is 21.8. The van der Waals surface area contributed by atoms with E-state index in [-0.39, 0.29) is 36.9 Å². The Morgan fingerprint density at radius 1 is 1.17 bits per heavy atom. The predicted molar refractivity (Wildman–Crippen MR) is 140 cm³/mol. The number of benzene rings is 1. The van der Waals surface area contributed by atoms with Gasteiger partial charge >= 0.3 is 6.09 Å². The molecule has 1 aliphatic heterocycles. The van der Waals surface area contributed by atoms with Crippen LogP contribution in [0, 0.1) is 23.7 Å². The number of allylic oxidation sites excluding steroid dienone is 1. The van der Waals surface area contributed by atoms with E-state index in [1.54, 1.807) is 19.9 Å². The van der Waals surface area contributed by atoms with Crippen LogP contribution in [0.3, 0.4) is 0 Å². The Morgan fingerprint density at radius 2 is 1.86 bits per heavy atom. The van der Waals surface area contributed by atoms with Crippen LogP contribution in [-0.4, -0.2) is 52.7 Å². The molecule has 6 atom stereocenters. The van der Waals surface area contributed by atoms with E-state index in [9.17, 15) is 24.9 Å². The Hall–Kier alpha value is -2.68. The Labute approximate surface area is 214 Å². The van der Waals surface area contributed by atoms with E-state index in [0.29, 0.717) is 36.1 Å². The first kappa shape index (κ1) is 29.5. The number of fused-ring (bicyclic) bond motifs is 2. The van der Waals surface area contributed by atoms with Crippen molar-refractivity contribution >= 4 is 17.7 Å². The molecule has 2 amide bonds. The first-order valence-corrected chi connectivity index (χ1v) is 12.7. The Balaban J connectivity index is 2.43. The normalized spacial score (nSPS) is 31.9. The van der Waals surface area contributed by atoms with E-state index in [4.69, 9.17) is 10.5 Å². The number of rotatable bonds is 3. The number of carbonyl (C=O) groups excluding carboxylic acids is 2. The summed E-state index contributed by atoms with van der Waals surface area (Å²) in [4.78, 5) is 24.3. The van der Waals surface area contributed by atoms with Gasteiger partial charge in [0.05, 0.1) is 6.10 Å². The van der Waals surface area contributed by atoms with Gasteiger partial charge in [-0.2, -0.15) is 0 Å². The maximum Gasteiger partial charge on any atom is 0.405 e. The van der Waals surface area contributed by atoms with Gasteiger partial charge in [0, 0.05) is 42.2 Å². The molecule has 1 heterocycles. The molecule has 6 N–H and O–H groups in total. The zero-order valence-corrected chi connectivity index (χ0v) is 21.8. The first-order valence-electron chi connectivity index (χ1n) is 12.7. The van der Waals surface area contributed by atoms with Crippen molar-refractivity contribution in [3.05, 3.63) is 53.1 Å². The van der Waals surface area contributed by atoms with Crippen LogP contribution in [0.4, 0.5) is 10.5 Å². The van der Waals surface area contributed by atoms with Gasteiger partial charge in [0.1, 0.15) is 6.10 Å². The number of hydrogen-bond acceptors (Lipinski definition) is 6. The van der Waals surface area contributed by atoms with Crippen LogP contribution in [0.5, 0.6) is 0 Å². The molecule has 2 rings (SSSR count). The minimum Gasteiger partial charge on any atom is -0.441 e. The van der Waals surface area contributed by atoms with E-state index < -0.39 is 24.2 Å². The number of nitrogens with two attached hydrogens (primary N) is 1. The summed E-state index contributed by atoms with van der Waals surface area (Å²) in [5.41, 5.74) is 8.29. The molecule has 36 heavy (non-hydrogen) atoms. The lowest BCUT2D eigenvalue weighted by molar-refractivity contribution is -0.112. The molecule has 0 spiro atoms. The van der Waals surface area contributed by atoms with Crippen LogP contribution in [0.15, 0.2) is 47.6 Å². The summed E-state index contributed by atoms with van der Waals surface area (Å²) in [5, 5.41) is 34.1. The van der Waals surface area contributed by atoms with Crippen molar-refractivity contribution in [3.63, 3.8) is 0 Å². The zero-order chi connectivity index (χ0) is 26.8. The molecule has 0 saturated carbocycles. The summed E-state index contributed by atoms with van der Waals surface area (Å²) in [7, 11) is 0. The maximum absolute atomic E-state index is 12.7. The highest BCUT2D eigenvalue weighted by Crippen LogP contribution is 2.28. The molecule has 1 aliphatic rings. The molecular weight excluding hydrogens is 460 g/mol. The molecule has 2 bridgehead atoms. The van der Waals surface area contributed by atoms with Gasteiger partial charge in [-0.3, -0.25) is 4.79 Å². The lowest BCUT2D eigenvalue weighted by Crippen LogP contribution is -2.34. The van der Waals surface area contributed by atoms with Crippen LogP contribution >= 0.6 is 0 Å². The Kier molecular flexibility index (Phi) is 11.6. The maximum atomic E-state index is 12.7. The SMILES string of the molecule is C/C1=C\CC[C@H](CO)[C@@H](OC(N)=O)/C(C)=C/[C@H](C)[C@@H](O)[C@@H](CO)C[C@H](C)Cc2cccc(c2)NC1=O. The average molecular weight is 503 g/mol. The fourth-order valence-corrected chi connectivity index (χ4v) is 5.00. The summed E-state index contributed by atoms with van der Waals surface area (Å²) in [6, 6.07) is 7.69. The minimum absolute atomic E-state index is 0.162. The van der Waals surface area contributed by atoms with E-state index >= 15 is 0 Å². The molecule has 0 fully saturated rings. The second-order valence-corrected chi connectivity index (χ2v) is 10.2. The van der Waals surface area contributed by atoms with Gasteiger partial charge in [-0.1, -0.05) is 38.1 Å². The van der Waals surface area contributed by atoms with Crippen molar-refractivity contribution in [2.75, 3.05) is 18.5 Å². The standard InChI is InChI=1S/C28H42N2O6/c1-17-11-21-8-6-10-24(14-21)30-27(34)18(2)7-5-9-22(15-31)26(36-28(29)35)20(4)13-19(3)25(33)23(12-17)16-32/h6-8,10,13-14,17,19,22-23,25-26,31-33H,5,9,11-12,15-16H2,1-4H3,(H2,29,35)(H,30,34)/b18-7+,20-13+/t17-,19+,22-,23-,25-,26+/m1/s1. The van der Waals surface area contributed by atoms with Gasteiger partial charge < -0.3 is 31.1 Å². The third-order valence-electron chi connectivity index (χ3n) is 6.96. The van der Waals surface area contributed by atoms with Gasteiger partial charge in [-0.05, 0) is 68.7 Å². The van der Waals surface area contributed by atoms with Crippen molar-refractivity contribution in [3.8, 4) is 0 Å². The second kappa shape index (κ2) is 14.2. The van der Waals surface area contributed by atoms with Crippen LogP contribution in [0.1, 0.15) is 52.5 Å². The lowest BCUT2D eigenvalue weighted by atomic mass is 9.82. The number of aliphatic hydroxyl groups is 3. The molecule has 200 valence electrons. The molecular formula is C28H42N2O6. The highest BCUT2D eigenvalue weighted by atomic mass is 16.6. The van der Waals surface area contributed by atoms with Gasteiger partial charge in [-0.15, -0.1) is 0 Å². The van der Waals surface area contributed by atoms with Crippen molar-refractivity contribution in [1.29, 1.82) is 0 Å². The average Bonchev–Trinajstić information content (AvgIpc) is 2.82. The van der Waals surface area contributed by atoms with Crippen LogP contribution < -0.4 is 11.1 Å². The molecule has 1 aromatic rings. The van der Waals surface area contributed by atoms with Crippen molar-refractivity contribution < 1.29 is 29.6 Å². The topological polar surface area (TPSA) is 142 Å². The largest absolute Gasteiger partial charge is 0.441 e. The first-order chi connectivity index (χ1) is 17.0. The molecule has 0 saturated heterocycles. The number of anilines is 1. The summed E-state index contributed by atoms with van der Waals surface area (Å²) in [6.45, 7) is 7.03. The molecule has 0 unspecified atom stereocenters. The third kappa shape index (κ3) is 8.76. The van der Waals surface area contributed by atoms with E-state index in [1.165, 1.54) is 0 Å². The summed E-state index contributed by atoms with van der Waals surface area (Å²) < 4.78 is 5.37. The summed E-state index contributed by atoms with van der Waals surface area (Å²) in [6.07, 6.45) is 3.36. The van der Waals surface area contributed by atoms with Crippen LogP contribution in [0.2, 0.25) is 0 Å². The van der Waals surface area contributed by atoms with Crippen molar-refractivity contribution in [1.82, 2.24) is 0 Å². The number of amides is 2. The molecule has 0 aromatic heterocycles. The van der Waals surface area contributed by atoms with E-state index in [2.05, 4.69) is 12.2 Å². The van der Waals surface area contributed by atoms with Gasteiger partial charge in [0.15, 0.2) is 0 Å².